The van der Waals surface area contributed by atoms with Gasteiger partial charge < -0.3 is 10.4 Å². The topological polar surface area (TPSA) is 49.3 Å². The maximum absolute atomic E-state index is 10.4. The molecule has 64 valence electrons. The first-order valence-corrected chi connectivity index (χ1v) is 3.32. The summed E-state index contributed by atoms with van der Waals surface area (Å²) in [4.78, 5) is 10.4. The number of aliphatic carboxylic acids is 1. The van der Waals surface area contributed by atoms with Crippen molar-refractivity contribution in [2.24, 2.45) is 5.92 Å². The zero-order chi connectivity index (χ0) is 7.56. The third-order valence-corrected chi connectivity index (χ3v) is 1.80. The molecule has 0 aliphatic carbocycles. The first-order valence-electron chi connectivity index (χ1n) is 3.32. The summed E-state index contributed by atoms with van der Waals surface area (Å²) in [6, 6.07) is -0.358. The second kappa shape index (κ2) is 4.36. The van der Waals surface area contributed by atoms with Crippen LogP contribution in [0.2, 0.25) is 0 Å². The van der Waals surface area contributed by atoms with Gasteiger partial charge in [0.1, 0.15) is 6.04 Å². The zero-order valence-corrected chi connectivity index (χ0v) is 6.93. The molecule has 0 amide bonds. The Hall–Kier alpha value is -0.540. The molecule has 0 bridgehead atoms. The molecule has 0 aromatic rings. The number of carboxylic acids is 1. The van der Waals surface area contributed by atoms with Crippen molar-refractivity contribution in [3.63, 3.8) is 0 Å². The fourth-order valence-electron chi connectivity index (χ4n) is 1.13. The number of hydrogen-bond donors (Lipinski definition) is 2. The minimum absolute atomic E-state index is 0. The molecule has 1 saturated heterocycles. The van der Waals surface area contributed by atoms with Gasteiger partial charge in [0.15, 0.2) is 0 Å². The smallest absolute Gasteiger partial charge is 0.320 e. The average molecular weight is 178 g/mol. The molecule has 1 aliphatic rings. The van der Waals surface area contributed by atoms with Crippen molar-refractivity contribution in [3.8, 4) is 0 Å². The Kier molecular flexibility index (Phi) is 4.15. The number of rotatable bonds is 2. The standard InChI is InChI=1S/C7H11NO2.ClH/c1-2-5-3-6(7(9)10)8-4-5;/h2,5-6,8H,1,3-4H2,(H,9,10);1H. The summed E-state index contributed by atoms with van der Waals surface area (Å²) in [6.45, 7) is 4.35. The van der Waals surface area contributed by atoms with E-state index in [2.05, 4.69) is 11.9 Å². The Morgan fingerprint density at radius 3 is 2.64 bits per heavy atom. The predicted molar refractivity (Wildman–Crippen MR) is 45.0 cm³/mol. The van der Waals surface area contributed by atoms with Gasteiger partial charge in [-0.15, -0.1) is 19.0 Å². The van der Waals surface area contributed by atoms with Crippen molar-refractivity contribution in [1.82, 2.24) is 5.32 Å². The van der Waals surface area contributed by atoms with Crippen LogP contribution in [-0.2, 0) is 4.79 Å². The molecular formula is C7H12ClNO2. The molecule has 3 nitrogen and oxygen atoms in total. The van der Waals surface area contributed by atoms with Crippen molar-refractivity contribution >= 4 is 18.4 Å². The van der Waals surface area contributed by atoms with E-state index >= 15 is 0 Å². The van der Waals surface area contributed by atoms with E-state index in [0.29, 0.717) is 12.3 Å². The molecule has 1 rings (SSSR count). The number of nitrogens with one attached hydrogen (secondary N) is 1. The minimum Gasteiger partial charge on any atom is -0.480 e. The summed E-state index contributed by atoms with van der Waals surface area (Å²) in [6.07, 6.45) is 2.48. The molecule has 1 heterocycles. The van der Waals surface area contributed by atoms with E-state index in [9.17, 15) is 4.79 Å². The summed E-state index contributed by atoms with van der Waals surface area (Å²) in [5.74, 6) is -0.426. The third-order valence-electron chi connectivity index (χ3n) is 1.80. The van der Waals surface area contributed by atoms with Gasteiger partial charge in [-0.2, -0.15) is 0 Å². The van der Waals surface area contributed by atoms with Crippen LogP contribution < -0.4 is 5.32 Å². The lowest BCUT2D eigenvalue weighted by Gasteiger charge is -2.00. The predicted octanol–water partition coefficient (Wildman–Crippen LogP) is 0.657. The second-order valence-corrected chi connectivity index (χ2v) is 2.53. The monoisotopic (exact) mass is 177 g/mol. The molecule has 4 heteroatoms. The Morgan fingerprint density at radius 2 is 2.36 bits per heavy atom. The highest BCUT2D eigenvalue weighted by Gasteiger charge is 2.26. The molecule has 0 radical (unpaired) electrons. The maximum Gasteiger partial charge on any atom is 0.320 e. The Morgan fingerprint density at radius 1 is 1.73 bits per heavy atom. The van der Waals surface area contributed by atoms with Crippen LogP contribution in [0, 0.1) is 5.92 Å². The second-order valence-electron chi connectivity index (χ2n) is 2.53. The SMILES string of the molecule is C=CC1CNC(C(=O)O)C1.Cl. The lowest BCUT2D eigenvalue weighted by Crippen LogP contribution is -2.29. The molecule has 1 aliphatic heterocycles. The number of carboxylic acid groups (broad SMARTS) is 1. The lowest BCUT2D eigenvalue weighted by atomic mass is 10.1. The van der Waals surface area contributed by atoms with Gasteiger partial charge in [-0.25, -0.2) is 0 Å². The highest BCUT2D eigenvalue weighted by Crippen LogP contribution is 2.14. The maximum atomic E-state index is 10.4. The van der Waals surface area contributed by atoms with Crippen LogP contribution in [0.15, 0.2) is 12.7 Å². The van der Waals surface area contributed by atoms with Gasteiger partial charge in [-0.1, -0.05) is 6.08 Å². The molecule has 11 heavy (non-hydrogen) atoms. The molecule has 2 N–H and O–H groups in total. The summed E-state index contributed by atoms with van der Waals surface area (Å²) in [7, 11) is 0. The normalized spacial score (nSPS) is 29.1. The molecule has 2 atom stereocenters. The van der Waals surface area contributed by atoms with Crippen molar-refractivity contribution in [1.29, 1.82) is 0 Å². The summed E-state index contributed by atoms with van der Waals surface area (Å²) >= 11 is 0. The molecule has 2 unspecified atom stereocenters. The van der Waals surface area contributed by atoms with Crippen LogP contribution in [0.4, 0.5) is 0 Å². The van der Waals surface area contributed by atoms with E-state index in [-0.39, 0.29) is 18.4 Å². The summed E-state index contributed by atoms with van der Waals surface area (Å²) in [5, 5.41) is 11.4. The van der Waals surface area contributed by atoms with E-state index in [1.807, 2.05) is 0 Å². The van der Waals surface area contributed by atoms with E-state index in [4.69, 9.17) is 5.11 Å². The van der Waals surface area contributed by atoms with E-state index in [1.54, 1.807) is 6.08 Å². The van der Waals surface area contributed by atoms with Crippen LogP contribution in [0.25, 0.3) is 0 Å². The quantitative estimate of drug-likeness (QED) is 0.610. The fourth-order valence-corrected chi connectivity index (χ4v) is 1.13. The summed E-state index contributed by atoms with van der Waals surface area (Å²) in [5.41, 5.74) is 0. The van der Waals surface area contributed by atoms with Crippen LogP contribution >= 0.6 is 12.4 Å². The minimum atomic E-state index is -0.760. The van der Waals surface area contributed by atoms with Gasteiger partial charge in [-0.3, -0.25) is 4.79 Å². The van der Waals surface area contributed by atoms with Crippen LogP contribution in [-0.4, -0.2) is 23.7 Å². The number of halogens is 1. The van der Waals surface area contributed by atoms with Gasteiger partial charge in [-0.05, 0) is 12.3 Å². The van der Waals surface area contributed by atoms with E-state index in [0.717, 1.165) is 6.54 Å². The lowest BCUT2D eigenvalue weighted by molar-refractivity contribution is -0.139. The van der Waals surface area contributed by atoms with Gasteiger partial charge in [0, 0.05) is 6.54 Å². The molecule has 1 fully saturated rings. The Labute approximate surface area is 71.9 Å². The van der Waals surface area contributed by atoms with E-state index < -0.39 is 5.97 Å². The van der Waals surface area contributed by atoms with Crippen LogP contribution in [0.3, 0.4) is 0 Å². The molecular weight excluding hydrogens is 166 g/mol. The fraction of sp³-hybridized carbons (Fsp3) is 0.571. The van der Waals surface area contributed by atoms with Crippen LogP contribution in [0.1, 0.15) is 6.42 Å². The van der Waals surface area contributed by atoms with Gasteiger partial charge in [0.05, 0.1) is 0 Å². The molecule has 0 saturated carbocycles. The average Bonchev–Trinajstić information content (AvgIpc) is 2.34. The van der Waals surface area contributed by atoms with Gasteiger partial charge in [0.25, 0.3) is 0 Å². The molecule has 0 spiro atoms. The highest BCUT2D eigenvalue weighted by molar-refractivity contribution is 5.85. The Balaban J connectivity index is 0.000001000. The van der Waals surface area contributed by atoms with Gasteiger partial charge >= 0.3 is 5.97 Å². The van der Waals surface area contributed by atoms with Crippen LogP contribution in [0.5, 0.6) is 0 Å². The van der Waals surface area contributed by atoms with Crippen molar-refractivity contribution in [2.75, 3.05) is 6.54 Å². The highest BCUT2D eigenvalue weighted by atomic mass is 35.5. The van der Waals surface area contributed by atoms with E-state index in [1.165, 1.54) is 0 Å². The van der Waals surface area contributed by atoms with Crippen molar-refractivity contribution in [2.45, 2.75) is 12.5 Å². The zero-order valence-electron chi connectivity index (χ0n) is 6.12. The van der Waals surface area contributed by atoms with Crippen molar-refractivity contribution < 1.29 is 9.90 Å². The molecule has 0 aromatic carbocycles. The number of carbonyl (C=O) groups is 1. The summed E-state index contributed by atoms with van der Waals surface area (Å²) < 4.78 is 0. The third kappa shape index (κ3) is 2.52. The van der Waals surface area contributed by atoms with Crippen molar-refractivity contribution in [3.05, 3.63) is 12.7 Å². The first kappa shape index (κ1) is 10.5. The Bertz CT molecular complexity index is 161. The molecule has 0 aromatic heterocycles. The first-order chi connectivity index (χ1) is 4.74. The number of hydrogen-bond acceptors (Lipinski definition) is 2. The largest absolute Gasteiger partial charge is 0.480 e. The van der Waals surface area contributed by atoms with Gasteiger partial charge in [0.2, 0.25) is 0 Å².